The van der Waals surface area contributed by atoms with E-state index >= 15 is 0 Å². The van der Waals surface area contributed by atoms with E-state index in [1.807, 2.05) is 6.07 Å². The van der Waals surface area contributed by atoms with Crippen LogP contribution in [0.15, 0.2) is 39.4 Å². The molecule has 1 aliphatic heterocycles. The highest BCUT2D eigenvalue weighted by Crippen LogP contribution is 2.32. The van der Waals surface area contributed by atoms with Crippen molar-refractivity contribution in [2.45, 2.75) is 51.6 Å². The molecular formula is C19H23N3O2. The Bertz CT molecular complexity index is 808. The lowest BCUT2D eigenvalue weighted by Gasteiger charge is -2.28. The van der Waals surface area contributed by atoms with Crippen molar-refractivity contribution in [3.05, 3.63) is 47.4 Å². The summed E-state index contributed by atoms with van der Waals surface area (Å²) in [4.78, 5) is 2.54. The molecule has 1 saturated heterocycles. The highest BCUT2D eigenvalue weighted by atomic mass is 16.6. The smallest absolute Gasteiger partial charge is 0.135 e. The minimum absolute atomic E-state index is 0.360. The van der Waals surface area contributed by atoms with Crippen molar-refractivity contribution in [1.29, 1.82) is 0 Å². The van der Waals surface area contributed by atoms with E-state index < -0.39 is 0 Å². The van der Waals surface area contributed by atoms with Gasteiger partial charge in [0.05, 0.1) is 6.04 Å². The van der Waals surface area contributed by atoms with Crippen LogP contribution >= 0.6 is 0 Å². The molecule has 24 heavy (non-hydrogen) atoms. The molecule has 0 aliphatic carbocycles. The quantitative estimate of drug-likeness (QED) is 0.707. The second-order valence-electron chi connectivity index (χ2n) is 6.58. The zero-order valence-electron chi connectivity index (χ0n) is 14.1. The van der Waals surface area contributed by atoms with Gasteiger partial charge in [0.1, 0.15) is 22.6 Å². The zero-order valence-corrected chi connectivity index (χ0v) is 14.1. The molecule has 0 radical (unpaired) electrons. The van der Waals surface area contributed by atoms with Crippen LogP contribution in [0.4, 0.5) is 0 Å². The first-order chi connectivity index (χ1) is 11.8. The number of aromatic nitrogens is 2. The molecule has 3 aromatic rings. The molecule has 5 heteroatoms. The first-order valence-corrected chi connectivity index (χ1v) is 8.87. The van der Waals surface area contributed by atoms with Gasteiger partial charge in [-0.1, -0.05) is 25.8 Å². The van der Waals surface area contributed by atoms with Crippen molar-refractivity contribution < 1.29 is 9.05 Å². The Morgan fingerprint density at radius 1 is 1.08 bits per heavy atom. The lowest BCUT2D eigenvalue weighted by molar-refractivity contribution is 0.168. The summed E-state index contributed by atoms with van der Waals surface area (Å²) in [6.07, 6.45) is 5.90. The summed E-state index contributed by atoms with van der Waals surface area (Å²) in [5.74, 6) is 2.18. The lowest BCUT2D eigenvalue weighted by atomic mass is 10.1. The minimum atomic E-state index is 0.360. The van der Waals surface area contributed by atoms with Crippen LogP contribution < -0.4 is 0 Å². The van der Waals surface area contributed by atoms with Crippen LogP contribution in [0.2, 0.25) is 0 Å². The number of hydrogen-bond acceptors (Lipinski definition) is 5. The Kier molecular flexibility index (Phi) is 4.34. The largest absolute Gasteiger partial charge is 0.464 e. The van der Waals surface area contributed by atoms with E-state index in [-0.39, 0.29) is 0 Å². The van der Waals surface area contributed by atoms with Crippen LogP contribution in [-0.2, 0) is 13.0 Å². The van der Waals surface area contributed by atoms with Crippen molar-refractivity contribution in [3.63, 3.8) is 0 Å². The van der Waals surface area contributed by atoms with E-state index in [9.17, 15) is 0 Å². The van der Waals surface area contributed by atoms with Crippen molar-refractivity contribution in [2.24, 2.45) is 0 Å². The van der Waals surface area contributed by atoms with E-state index in [1.54, 1.807) is 0 Å². The third-order valence-electron chi connectivity index (χ3n) is 4.93. The van der Waals surface area contributed by atoms with E-state index in [0.717, 1.165) is 48.5 Å². The van der Waals surface area contributed by atoms with Crippen LogP contribution in [0.3, 0.4) is 0 Å². The molecule has 126 valence electrons. The standard InChI is InChI=1S/C19H23N3O2/c1-2-15-8-10-19(23-15)18-6-4-3-5-11-22(18)13-14-7-9-16-17(12-14)21-24-20-16/h7-10,12,18H,2-6,11,13H2,1H3. The summed E-state index contributed by atoms with van der Waals surface area (Å²) in [6, 6.07) is 10.8. The topological polar surface area (TPSA) is 55.3 Å². The molecule has 4 rings (SSSR count). The van der Waals surface area contributed by atoms with Gasteiger partial charge in [0.15, 0.2) is 0 Å². The number of furan rings is 1. The highest BCUT2D eigenvalue weighted by Gasteiger charge is 2.25. The molecule has 0 saturated carbocycles. The van der Waals surface area contributed by atoms with Gasteiger partial charge in [-0.3, -0.25) is 4.90 Å². The normalized spacial score (nSPS) is 19.6. The van der Waals surface area contributed by atoms with Crippen LogP contribution in [-0.4, -0.2) is 21.8 Å². The van der Waals surface area contributed by atoms with Gasteiger partial charge >= 0.3 is 0 Å². The van der Waals surface area contributed by atoms with Gasteiger partial charge in [0.2, 0.25) is 0 Å². The second kappa shape index (κ2) is 6.77. The van der Waals surface area contributed by atoms with Crippen molar-refractivity contribution >= 4 is 11.0 Å². The number of hydrogen-bond donors (Lipinski definition) is 0. The Morgan fingerprint density at radius 2 is 2.00 bits per heavy atom. The van der Waals surface area contributed by atoms with Crippen LogP contribution in [0.25, 0.3) is 11.0 Å². The summed E-state index contributed by atoms with van der Waals surface area (Å²) in [5.41, 5.74) is 2.88. The fraction of sp³-hybridized carbons (Fsp3) is 0.474. The second-order valence-corrected chi connectivity index (χ2v) is 6.58. The lowest BCUT2D eigenvalue weighted by Crippen LogP contribution is -2.27. The Morgan fingerprint density at radius 3 is 2.88 bits per heavy atom. The molecular weight excluding hydrogens is 302 g/mol. The Hall–Kier alpha value is -2.14. The Balaban J connectivity index is 1.59. The molecule has 0 bridgehead atoms. The molecule has 0 spiro atoms. The molecule has 0 amide bonds. The maximum Gasteiger partial charge on any atom is 0.135 e. The third-order valence-corrected chi connectivity index (χ3v) is 4.93. The third kappa shape index (κ3) is 3.08. The number of fused-ring (bicyclic) bond motifs is 1. The first kappa shape index (κ1) is 15.4. The van der Waals surface area contributed by atoms with Gasteiger partial charge in [-0.25, -0.2) is 4.63 Å². The zero-order chi connectivity index (χ0) is 16.4. The molecule has 1 unspecified atom stereocenters. The molecule has 1 aromatic carbocycles. The molecule has 3 heterocycles. The van der Waals surface area contributed by atoms with Gasteiger partial charge < -0.3 is 4.42 Å². The average molecular weight is 325 g/mol. The summed E-state index contributed by atoms with van der Waals surface area (Å²) in [7, 11) is 0. The average Bonchev–Trinajstić information content (AvgIpc) is 3.20. The molecule has 2 aromatic heterocycles. The minimum Gasteiger partial charge on any atom is -0.464 e. The number of aryl methyl sites for hydroxylation is 1. The monoisotopic (exact) mass is 325 g/mol. The van der Waals surface area contributed by atoms with Gasteiger partial charge in [0.25, 0.3) is 0 Å². The summed E-state index contributed by atoms with van der Waals surface area (Å²) < 4.78 is 10.9. The number of rotatable bonds is 4. The van der Waals surface area contributed by atoms with Crippen molar-refractivity contribution in [3.8, 4) is 0 Å². The fourth-order valence-electron chi connectivity index (χ4n) is 3.60. The molecule has 1 fully saturated rings. The number of benzene rings is 1. The summed E-state index contributed by atoms with van der Waals surface area (Å²) in [6.45, 7) is 4.13. The maximum atomic E-state index is 6.07. The van der Waals surface area contributed by atoms with Crippen molar-refractivity contribution in [2.75, 3.05) is 6.54 Å². The van der Waals surface area contributed by atoms with Gasteiger partial charge in [-0.05, 0) is 59.5 Å². The highest BCUT2D eigenvalue weighted by molar-refractivity contribution is 5.73. The maximum absolute atomic E-state index is 6.07. The summed E-state index contributed by atoms with van der Waals surface area (Å²) >= 11 is 0. The van der Waals surface area contributed by atoms with Crippen LogP contribution in [0, 0.1) is 0 Å². The summed E-state index contributed by atoms with van der Waals surface area (Å²) in [5, 5.41) is 7.84. The van der Waals surface area contributed by atoms with Gasteiger partial charge in [0, 0.05) is 13.0 Å². The predicted molar refractivity (Wildman–Crippen MR) is 91.5 cm³/mol. The molecule has 5 nitrogen and oxygen atoms in total. The van der Waals surface area contributed by atoms with E-state index in [0.29, 0.717) is 6.04 Å². The van der Waals surface area contributed by atoms with Crippen LogP contribution in [0.5, 0.6) is 0 Å². The van der Waals surface area contributed by atoms with Crippen molar-refractivity contribution in [1.82, 2.24) is 15.2 Å². The number of likely N-dealkylation sites (tertiary alicyclic amines) is 1. The fourth-order valence-corrected chi connectivity index (χ4v) is 3.60. The Labute approximate surface area is 141 Å². The van der Waals surface area contributed by atoms with E-state index in [2.05, 4.69) is 46.4 Å². The van der Waals surface area contributed by atoms with E-state index in [4.69, 9.17) is 9.05 Å². The number of nitrogens with zero attached hydrogens (tertiary/aromatic N) is 3. The van der Waals surface area contributed by atoms with Gasteiger partial charge in [-0.15, -0.1) is 0 Å². The predicted octanol–water partition coefficient (Wildman–Crippen LogP) is 4.50. The molecule has 0 N–H and O–H groups in total. The van der Waals surface area contributed by atoms with E-state index in [1.165, 1.54) is 24.8 Å². The molecule has 1 atom stereocenters. The first-order valence-electron chi connectivity index (χ1n) is 8.87. The SMILES string of the molecule is CCc1ccc(C2CCCCCN2Cc2ccc3nonc3c2)o1. The van der Waals surface area contributed by atoms with Gasteiger partial charge in [-0.2, -0.15) is 0 Å². The van der Waals surface area contributed by atoms with Crippen LogP contribution in [0.1, 0.15) is 55.7 Å². The molecule has 1 aliphatic rings.